The molecule has 3 aromatic rings. The first-order valence-corrected chi connectivity index (χ1v) is 15.2. The van der Waals surface area contributed by atoms with E-state index in [0.29, 0.717) is 17.3 Å². The lowest BCUT2D eigenvalue weighted by molar-refractivity contribution is -0.139. The molecule has 0 unspecified atom stereocenters. The summed E-state index contributed by atoms with van der Waals surface area (Å²) in [4.78, 5) is 28.5. The topological polar surface area (TPSA) is 86.8 Å². The number of nitrogens with one attached hydrogen (secondary N) is 1. The van der Waals surface area contributed by atoms with Gasteiger partial charge in [0.2, 0.25) is 11.8 Å². The van der Waals surface area contributed by atoms with Crippen LogP contribution in [-0.4, -0.2) is 44.3 Å². The highest BCUT2D eigenvalue weighted by atomic mass is 35.5. The first kappa shape index (κ1) is 31.2. The molecular weight excluding hydrogens is 546 g/mol. The number of amides is 2. The molecule has 0 aromatic heterocycles. The number of hydrogen-bond acceptors (Lipinski definition) is 4. The van der Waals surface area contributed by atoms with Crippen molar-refractivity contribution in [3.05, 3.63) is 95.0 Å². The minimum Gasteiger partial charge on any atom is -0.354 e. The summed E-state index contributed by atoms with van der Waals surface area (Å²) in [5.41, 5.74) is 2.18. The van der Waals surface area contributed by atoms with E-state index < -0.39 is 28.5 Å². The molecule has 2 amide bonds. The third-order valence-corrected chi connectivity index (χ3v) is 8.62. The maximum Gasteiger partial charge on any atom is 0.264 e. The van der Waals surface area contributed by atoms with Gasteiger partial charge < -0.3 is 10.2 Å². The largest absolute Gasteiger partial charge is 0.354 e. The van der Waals surface area contributed by atoms with E-state index in [2.05, 4.69) is 19.2 Å². The average molecular weight is 584 g/mol. The van der Waals surface area contributed by atoms with Crippen LogP contribution in [0.2, 0.25) is 5.02 Å². The molecule has 9 heteroatoms. The summed E-state index contributed by atoms with van der Waals surface area (Å²) in [5, 5.41) is 3.43. The first-order chi connectivity index (χ1) is 18.9. The maximum atomic E-state index is 13.9. The number of nitrogens with zero attached hydrogens (tertiary/aromatic N) is 2. The zero-order valence-electron chi connectivity index (χ0n) is 23.7. The summed E-state index contributed by atoms with van der Waals surface area (Å²) in [6.45, 7) is 9.82. The van der Waals surface area contributed by atoms with Crippen LogP contribution in [0.5, 0.6) is 0 Å². The van der Waals surface area contributed by atoms with Crippen molar-refractivity contribution in [3.63, 3.8) is 0 Å². The van der Waals surface area contributed by atoms with E-state index in [1.807, 2.05) is 26.0 Å². The zero-order valence-corrected chi connectivity index (χ0v) is 25.2. The third kappa shape index (κ3) is 8.08. The van der Waals surface area contributed by atoms with E-state index in [1.165, 1.54) is 17.0 Å². The molecule has 214 valence electrons. The van der Waals surface area contributed by atoms with Gasteiger partial charge in [-0.1, -0.05) is 81.8 Å². The molecule has 0 fully saturated rings. The SMILES string of the molecule is CC(C)CNC(=O)[C@@H](C)N(Cc1ccc(Cl)cc1)C(=O)CN(c1ccc(C(C)C)cc1)S(=O)(=O)c1ccccc1. The molecule has 7 nitrogen and oxygen atoms in total. The number of sulfonamides is 1. The van der Waals surface area contributed by atoms with Gasteiger partial charge in [-0.25, -0.2) is 8.42 Å². The van der Waals surface area contributed by atoms with Crippen molar-refractivity contribution in [1.29, 1.82) is 0 Å². The van der Waals surface area contributed by atoms with Crippen LogP contribution in [0.4, 0.5) is 5.69 Å². The van der Waals surface area contributed by atoms with E-state index in [0.717, 1.165) is 15.4 Å². The highest BCUT2D eigenvalue weighted by Crippen LogP contribution is 2.26. The number of benzene rings is 3. The van der Waals surface area contributed by atoms with Gasteiger partial charge in [0.15, 0.2) is 0 Å². The molecule has 0 bridgehead atoms. The van der Waals surface area contributed by atoms with Crippen LogP contribution in [0, 0.1) is 5.92 Å². The van der Waals surface area contributed by atoms with Gasteiger partial charge in [0.1, 0.15) is 12.6 Å². The molecule has 0 aliphatic carbocycles. The summed E-state index contributed by atoms with van der Waals surface area (Å²) >= 11 is 6.05. The molecule has 3 aromatic carbocycles. The molecule has 3 rings (SSSR count). The second-order valence-corrected chi connectivity index (χ2v) is 12.8. The van der Waals surface area contributed by atoms with Crippen molar-refractivity contribution in [2.75, 3.05) is 17.4 Å². The zero-order chi connectivity index (χ0) is 29.4. The Morgan fingerprint density at radius 3 is 2.00 bits per heavy atom. The highest BCUT2D eigenvalue weighted by molar-refractivity contribution is 7.92. The maximum absolute atomic E-state index is 13.9. The van der Waals surface area contributed by atoms with E-state index >= 15 is 0 Å². The summed E-state index contributed by atoms with van der Waals surface area (Å²) in [6.07, 6.45) is 0. The predicted molar refractivity (Wildman–Crippen MR) is 161 cm³/mol. The average Bonchev–Trinajstić information content (AvgIpc) is 2.94. The van der Waals surface area contributed by atoms with Crippen LogP contribution in [0.15, 0.2) is 83.8 Å². The fourth-order valence-corrected chi connectivity index (χ4v) is 5.66. The number of halogens is 1. The number of rotatable bonds is 12. The van der Waals surface area contributed by atoms with Crippen LogP contribution in [0.3, 0.4) is 0 Å². The third-order valence-electron chi connectivity index (χ3n) is 6.58. The van der Waals surface area contributed by atoms with Gasteiger partial charge in [-0.15, -0.1) is 0 Å². The minimum atomic E-state index is -4.09. The minimum absolute atomic E-state index is 0.0720. The van der Waals surface area contributed by atoms with Crippen molar-refractivity contribution in [2.24, 2.45) is 5.92 Å². The second-order valence-electron chi connectivity index (χ2n) is 10.5. The lowest BCUT2D eigenvalue weighted by Crippen LogP contribution is -2.51. The van der Waals surface area contributed by atoms with Crippen molar-refractivity contribution in [3.8, 4) is 0 Å². The molecule has 40 heavy (non-hydrogen) atoms. The number of carbonyl (C=O) groups excluding carboxylic acids is 2. The van der Waals surface area contributed by atoms with Gasteiger partial charge >= 0.3 is 0 Å². The van der Waals surface area contributed by atoms with Crippen molar-refractivity contribution in [2.45, 2.75) is 58.0 Å². The Hall–Kier alpha value is -3.36. The molecule has 1 atom stereocenters. The van der Waals surface area contributed by atoms with Gasteiger partial charge in [0.05, 0.1) is 10.6 Å². The number of carbonyl (C=O) groups is 2. The van der Waals surface area contributed by atoms with Crippen LogP contribution >= 0.6 is 11.6 Å². The number of anilines is 1. The van der Waals surface area contributed by atoms with Crippen molar-refractivity contribution in [1.82, 2.24) is 10.2 Å². The number of hydrogen-bond donors (Lipinski definition) is 1. The molecule has 0 saturated heterocycles. The van der Waals surface area contributed by atoms with Crippen molar-refractivity contribution < 1.29 is 18.0 Å². The smallest absolute Gasteiger partial charge is 0.264 e. The van der Waals surface area contributed by atoms with E-state index in [1.54, 1.807) is 61.5 Å². The summed E-state index contributed by atoms with van der Waals surface area (Å²) in [7, 11) is -4.09. The van der Waals surface area contributed by atoms with Gasteiger partial charge in [-0.3, -0.25) is 13.9 Å². The first-order valence-electron chi connectivity index (χ1n) is 13.4. The summed E-state index contributed by atoms with van der Waals surface area (Å²) in [6, 6.07) is 21.3. The fraction of sp³-hybridized carbons (Fsp3) is 0.355. The van der Waals surface area contributed by atoms with Crippen LogP contribution < -0.4 is 9.62 Å². The van der Waals surface area contributed by atoms with Crippen molar-refractivity contribution >= 4 is 39.1 Å². The van der Waals surface area contributed by atoms with E-state index in [4.69, 9.17) is 11.6 Å². The van der Waals surface area contributed by atoms with Crippen LogP contribution in [0.1, 0.15) is 51.7 Å². The molecular formula is C31H38ClN3O4S. The van der Waals surface area contributed by atoms with E-state index in [9.17, 15) is 18.0 Å². The Kier molecular flexibility index (Phi) is 10.8. The quantitative estimate of drug-likeness (QED) is 0.290. The molecule has 0 saturated carbocycles. The normalized spacial score (nSPS) is 12.3. The highest BCUT2D eigenvalue weighted by Gasteiger charge is 2.32. The monoisotopic (exact) mass is 583 g/mol. The Balaban J connectivity index is 2.01. The molecule has 0 aliphatic rings. The lowest BCUT2D eigenvalue weighted by Gasteiger charge is -2.32. The van der Waals surface area contributed by atoms with Gasteiger partial charge in [-0.2, -0.15) is 0 Å². The molecule has 0 radical (unpaired) electrons. The Morgan fingerprint density at radius 1 is 0.850 bits per heavy atom. The van der Waals surface area contributed by atoms with Gasteiger partial charge in [0.25, 0.3) is 10.0 Å². The Labute approximate surface area is 243 Å². The molecule has 0 spiro atoms. The van der Waals surface area contributed by atoms with Gasteiger partial charge in [-0.05, 0) is 66.3 Å². The van der Waals surface area contributed by atoms with Crippen LogP contribution in [-0.2, 0) is 26.2 Å². The second kappa shape index (κ2) is 13.8. The predicted octanol–water partition coefficient (Wildman–Crippen LogP) is 5.85. The molecule has 0 aliphatic heterocycles. The molecule has 1 N–H and O–H groups in total. The van der Waals surface area contributed by atoms with E-state index in [-0.39, 0.29) is 29.2 Å². The Morgan fingerprint density at radius 2 is 1.45 bits per heavy atom. The Bertz CT molecular complexity index is 1380. The molecule has 0 heterocycles. The summed E-state index contributed by atoms with van der Waals surface area (Å²) in [5.74, 6) is -0.323. The summed E-state index contributed by atoms with van der Waals surface area (Å²) < 4.78 is 28.8. The standard InChI is InChI=1S/C31H38ClN3O4S/c1-22(2)19-33-31(37)24(5)34(20-25-11-15-27(32)16-12-25)30(36)21-35(28-17-13-26(14-18-28)23(3)4)40(38,39)29-9-7-6-8-10-29/h6-18,22-24H,19-21H2,1-5H3,(H,33,37)/t24-/m1/s1. The lowest BCUT2D eigenvalue weighted by atomic mass is 10.0. The fourth-order valence-electron chi connectivity index (χ4n) is 4.10. The van der Waals surface area contributed by atoms with Gasteiger partial charge in [0, 0.05) is 18.1 Å². The van der Waals surface area contributed by atoms with Crippen LogP contribution in [0.25, 0.3) is 0 Å².